The van der Waals surface area contributed by atoms with Crippen LogP contribution in [-0.4, -0.2) is 16.5 Å². The highest BCUT2D eigenvalue weighted by Gasteiger charge is 2.06. The van der Waals surface area contributed by atoms with Gasteiger partial charge in [-0.25, -0.2) is 4.98 Å². The molecule has 0 aliphatic carbocycles. The molecule has 0 saturated heterocycles. The van der Waals surface area contributed by atoms with Gasteiger partial charge in [-0.2, -0.15) is 0 Å². The van der Waals surface area contributed by atoms with E-state index in [-0.39, 0.29) is 0 Å². The molecule has 0 radical (unpaired) electrons. The van der Waals surface area contributed by atoms with E-state index >= 15 is 0 Å². The fourth-order valence-corrected chi connectivity index (χ4v) is 1.75. The summed E-state index contributed by atoms with van der Waals surface area (Å²) < 4.78 is 0. The van der Waals surface area contributed by atoms with Gasteiger partial charge in [0.25, 0.3) is 0 Å². The van der Waals surface area contributed by atoms with Gasteiger partial charge in [0.2, 0.25) is 0 Å². The minimum atomic E-state index is 0.620. The second-order valence-electron chi connectivity index (χ2n) is 4.09. The van der Waals surface area contributed by atoms with Crippen LogP contribution in [0.5, 0.6) is 0 Å². The number of aryl methyl sites for hydroxylation is 1. The summed E-state index contributed by atoms with van der Waals surface area (Å²) >= 11 is 6.05. The molecular weight excluding hydrogens is 222 g/mol. The Morgan fingerprint density at radius 2 is 2.00 bits per heavy atom. The largest absolute Gasteiger partial charge is 0.344 e. The lowest BCUT2D eigenvalue weighted by molar-refractivity contribution is 0.633. The Hall–Kier alpha value is -0.540. The van der Waals surface area contributed by atoms with E-state index in [1.165, 1.54) is 19.3 Å². The van der Waals surface area contributed by atoms with Gasteiger partial charge in [-0.3, -0.25) is 0 Å². The molecule has 0 bridgehead atoms. The van der Waals surface area contributed by atoms with Crippen LogP contribution in [-0.2, 0) is 13.0 Å². The predicted octanol–water partition coefficient (Wildman–Crippen LogP) is 3.30. The first-order chi connectivity index (χ1) is 7.77. The molecule has 92 valence electrons. The molecule has 0 atom stereocenters. The van der Waals surface area contributed by atoms with E-state index in [1.807, 2.05) is 0 Å². The molecule has 4 heteroatoms. The number of rotatable bonds is 8. The quantitative estimate of drug-likeness (QED) is 0.688. The standard InChI is InChI=1S/C12H22ClN3/c1-3-5-7-11-15-10(12(13)16-11)9-14-8-6-4-2/h14H,3-9H2,1-2H3,(H,15,16). The first-order valence-corrected chi connectivity index (χ1v) is 6.59. The average molecular weight is 244 g/mol. The summed E-state index contributed by atoms with van der Waals surface area (Å²) in [5, 5.41) is 3.98. The Balaban J connectivity index is 2.37. The maximum absolute atomic E-state index is 6.05. The van der Waals surface area contributed by atoms with E-state index < -0.39 is 0 Å². The van der Waals surface area contributed by atoms with Gasteiger partial charge in [-0.15, -0.1) is 0 Å². The van der Waals surface area contributed by atoms with Gasteiger partial charge >= 0.3 is 0 Å². The zero-order valence-electron chi connectivity index (χ0n) is 10.3. The van der Waals surface area contributed by atoms with Crippen LogP contribution in [0.25, 0.3) is 0 Å². The molecule has 0 fully saturated rings. The van der Waals surface area contributed by atoms with Gasteiger partial charge in [0.1, 0.15) is 5.82 Å². The SMILES string of the molecule is CCCCNCc1[nH]c(CCCC)nc1Cl. The lowest BCUT2D eigenvalue weighted by Gasteiger charge is -2.01. The fraction of sp³-hybridized carbons (Fsp3) is 0.750. The van der Waals surface area contributed by atoms with Crippen LogP contribution in [0.3, 0.4) is 0 Å². The molecule has 0 aliphatic rings. The zero-order chi connectivity index (χ0) is 11.8. The first-order valence-electron chi connectivity index (χ1n) is 6.21. The molecule has 1 aromatic rings. The third-order valence-electron chi connectivity index (χ3n) is 2.55. The predicted molar refractivity (Wildman–Crippen MR) is 68.8 cm³/mol. The van der Waals surface area contributed by atoms with E-state index in [4.69, 9.17) is 11.6 Å². The van der Waals surface area contributed by atoms with Crippen LogP contribution in [0, 0.1) is 0 Å². The van der Waals surface area contributed by atoms with E-state index in [2.05, 4.69) is 29.1 Å². The number of imidazole rings is 1. The lowest BCUT2D eigenvalue weighted by Crippen LogP contribution is -2.14. The number of unbranched alkanes of at least 4 members (excludes halogenated alkanes) is 2. The summed E-state index contributed by atoms with van der Waals surface area (Å²) in [5.74, 6) is 1.01. The summed E-state index contributed by atoms with van der Waals surface area (Å²) in [6.07, 6.45) is 5.75. The summed E-state index contributed by atoms with van der Waals surface area (Å²) in [5.41, 5.74) is 1.02. The van der Waals surface area contributed by atoms with Gasteiger partial charge in [0.05, 0.1) is 5.69 Å². The van der Waals surface area contributed by atoms with Crippen molar-refractivity contribution in [2.75, 3.05) is 6.54 Å². The van der Waals surface area contributed by atoms with Crippen molar-refractivity contribution in [2.24, 2.45) is 0 Å². The van der Waals surface area contributed by atoms with Gasteiger partial charge in [0.15, 0.2) is 5.15 Å². The van der Waals surface area contributed by atoms with Gasteiger partial charge < -0.3 is 10.3 Å². The van der Waals surface area contributed by atoms with E-state index in [1.54, 1.807) is 0 Å². The normalized spacial score (nSPS) is 10.9. The topological polar surface area (TPSA) is 40.7 Å². The maximum Gasteiger partial charge on any atom is 0.151 e. The van der Waals surface area contributed by atoms with E-state index in [9.17, 15) is 0 Å². The molecule has 2 N–H and O–H groups in total. The molecule has 0 unspecified atom stereocenters. The molecule has 1 heterocycles. The first kappa shape index (κ1) is 13.5. The molecule has 0 amide bonds. The van der Waals surface area contributed by atoms with Crippen molar-refractivity contribution < 1.29 is 0 Å². The molecule has 0 spiro atoms. The molecule has 0 aliphatic heterocycles. The molecular formula is C12H22ClN3. The Morgan fingerprint density at radius 1 is 1.25 bits per heavy atom. The Labute approximate surface area is 103 Å². The average Bonchev–Trinajstić information content (AvgIpc) is 2.63. The smallest absolute Gasteiger partial charge is 0.151 e. The Kier molecular flexibility index (Phi) is 6.50. The van der Waals surface area contributed by atoms with Crippen LogP contribution in [0.1, 0.15) is 51.0 Å². The van der Waals surface area contributed by atoms with Crippen molar-refractivity contribution in [3.63, 3.8) is 0 Å². The number of aromatic amines is 1. The van der Waals surface area contributed by atoms with Crippen molar-refractivity contribution in [2.45, 2.75) is 52.5 Å². The second kappa shape index (κ2) is 7.69. The van der Waals surface area contributed by atoms with Gasteiger partial charge in [0, 0.05) is 13.0 Å². The fourth-order valence-electron chi connectivity index (χ4n) is 1.53. The highest BCUT2D eigenvalue weighted by atomic mass is 35.5. The van der Waals surface area contributed by atoms with Crippen molar-refractivity contribution in [1.82, 2.24) is 15.3 Å². The summed E-state index contributed by atoms with van der Waals surface area (Å²) in [6.45, 7) is 6.19. The molecule has 16 heavy (non-hydrogen) atoms. The summed E-state index contributed by atoms with van der Waals surface area (Å²) in [7, 11) is 0. The maximum atomic E-state index is 6.05. The zero-order valence-corrected chi connectivity index (χ0v) is 11.0. The van der Waals surface area contributed by atoms with Crippen molar-refractivity contribution in [3.8, 4) is 0 Å². The van der Waals surface area contributed by atoms with Crippen LogP contribution in [0.4, 0.5) is 0 Å². The third kappa shape index (κ3) is 4.54. The summed E-state index contributed by atoms with van der Waals surface area (Å²) in [4.78, 5) is 7.60. The molecule has 3 nitrogen and oxygen atoms in total. The van der Waals surface area contributed by atoms with Gasteiger partial charge in [-0.1, -0.05) is 38.3 Å². The van der Waals surface area contributed by atoms with Crippen LogP contribution in [0.15, 0.2) is 0 Å². The highest BCUT2D eigenvalue weighted by molar-refractivity contribution is 6.30. The molecule has 0 aromatic carbocycles. The molecule has 1 rings (SSSR count). The van der Waals surface area contributed by atoms with Crippen molar-refractivity contribution in [3.05, 3.63) is 16.7 Å². The van der Waals surface area contributed by atoms with Crippen molar-refractivity contribution >= 4 is 11.6 Å². The number of nitrogens with zero attached hydrogens (tertiary/aromatic N) is 1. The van der Waals surface area contributed by atoms with Crippen molar-refractivity contribution in [1.29, 1.82) is 0 Å². The number of H-pyrrole nitrogens is 1. The molecule has 1 aromatic heterocycles. The van der Waals surface area contributed by atoms with Crippen LogP contribution < -0.4 is 5.32 Å². The molecule has 0 saturated carbocycles. The van der Waals surface area contributed by atoms with Gasteiger partial charge in [-0.05, 0) is 19.4 Å². The van der Waals surface area contributed by atoms with Crippen LogP contribution in [0.2, 0.25) is 5.15 Å². The Morgan fingerprint density at radius 3 is 2.69 bits per heavy atom. The minimum Gasteiger partial charge on any atom is -0.344 e. The summed E-state index contributed by atoms with van der Waals surface area (Å²) in [6, 6.07) is 0. The number of hydrogen-bond donors (Lipinski definition) is 2. The highest BCUT2D eigenvalue weighted by Crippen LogP contribution is 2.13. The third-order valence-corrected chi connectivity index (χ3v) is 2.87. The minimum absolute atomic E-state index is 0.620. The van der Waals surface area contributed by atoms with Crippen LogP contribution >= 0.6 is 11.6 Å². The lowest BCUT2D eigenvalue weighted by atomic mass is 10.2. The Bertz CT molecular complexity index is 296. The monoisotopic (exact) mass is 243 g/mol. The number of halogens is 1. The number of nitrogens with one attached hydrogen (secondary N) is 2. The number of hydrogen-bond acceptors (Lipinski definition) is 2. The second-order valence-corrected chi connectivity index (χ2v) is 4.44. The van der Waals surface area contributed by atoms with E-state index in [0.29, 0.717) is 5.15 Å². The number of aromatic nitrogens is 2. The van der Waals surface area contributed by atoms with E-state index in [0.717, 1.165) is 37.4 Å².